The fourth-order valence-electron chi connectivity index (χ4n) is 4.72. The second kappa shape index (κ2) is 11.1. The molecule has 5 nitrogen and oxygen atoms in total. The van der Waals surface area contributed by atoms with E-state index in [0.29, 0.717) is 35.5 Å². The fourth-order valence-corrected chi connectivity index (χ4v) is 4.72. The van der Waals surface area contributed by atoms with Gasteiger partial charge in [0.1, 0.15) is 0 Å². The van der Waals surface area contributed by atoms with Gasteiger partial charge in [0, 0.05) is 30.0 Å². The van der Waals surface area contributed by atoms with Gasteiger partial charge in [-0.1, -0.05) is 54.6 Å². The Balaban J connectivity index is 1.24. The van der Waals surface area contributed by atoms with E-state index in [1.165, 1.54) is 12.1 Å². The Hall–Kier alpha value is -4.43. The minimum Gasteiger partial charge on any atom is -0.325 e. The molecule has 1 aliphatic heterocycles. The average Bonchev–Trinajstić information content (AvgIpc) is 2.93. The van der Waals surface area contributed by atoms with Gasteiger partial charge >= 0.3 is 6.18 Å². The number of carbonyl (C=O) groups is 2. The maximum absolute atomic E-state index is 13.2. The smallest absolute Gasteiger partial charge is 0.325 e. The zero-order valence-corrected chi connectivity index (χ0v) is 21.0. The van der Waals surface area contributed by atoms with Gasteiger partial charge in [0.25, 0.3) is 5.91 Å². The third kappa shape index (κ3) is 6.35. The summed E-state index contributed by atoms with van der Waals surface area (Å²) < 4.78 is 38.9. The van der Waals surface area contributed by atoms with E-state index in [1.54, 1.807) is 24.3 Å². The van der Waals surface area contributed by atoms with Crippen LogP contribution in [0.3, 0.4) is 0 Å². The van der Waals surface area contributed by atoms with E-state index in [9.17, 15) is 22.8 Å². The van der Waals surface area contributed by atoms with Gasteiger partial charge in [0.2, 0.25) is 5.91 Å². The molecule has 0 aromatic heterocycles. The highest BCUT2D eigenvalue weighted by Gasteiger charge is 2.30. The largest absolute Gasteiger partial charge is 0.416 e. The SMILES string of the molecule is O=C(CN1CCc2cc(NC(=O)c3ccccc3-c3ccc(C(F)(F)F)cc3)ccc2C1)Nc1ccccc1. The number of benzene rings is 4. The average molecular weight is 530 g/mol. The molecule has 2 amide bonds. The zero-order valence-electron chi connectivity index (χ0n) is 21.0. The molecule has 1 aliphatic rings. The van der Waals surface area contributed by atoms with Gasteiger partial charge < -0.3 is 10.6 Å². The number of carbonyl (C=O) groups excluding carboxylic acids is 2. The first kappa shape index (κ1) is 26.2. The van der Waals surface area contributed by atoms with Crippen molar-refractivity contribution in [1.29, 1.82) is 0 Å². The standard InChI is InChI=1S/C31H26F3N3O2/c32-31(33,34)24-13-10-21(11-14-24)27-8-4-5-9-28(27)30(39)36-26-15-12-23-19-37(17-16-22(23)18-26)20-29(38)35-25-6-2-1-3-7-25/h1-15,18H,16-17,19-20H2,(H,35,38)(H,36,39). The first-order valence-electron chi connectivity index (χ1n) is 12.5. The molecule has 8 heteroatoms. The van der Waals surface area contributed by atoms with E-state index >= 15 is 0 Å². The van der Waals surface area contributed by atoms with Crippen molar-refractivity contribution in [3.05, 3.63) is 119 Å². The maximum atomic E-state index is 13.2. The molecular weight excluding hydrogens is 503 g/mol. The van der Waals surface area contributed by atoms with Crippen molar-refractivity contribution < 1.29 is 22.8 Å². The first-order valence-corrected chi connectivity index (χ1v) is 12.5. The van der Waals surface area contributed by atoms with Crippen LogP contribution in [0.4, 0.5) is 24.5 Å². The van der Waals surface area contributed by atoms with Crippen molar-refractivity contribution in [3.8, 4) is 11.1 Å². The number of rotatable bonds is 6. The molecule has 0 saturated carbocycles. The van der Waals surface area contributed by atoms with Gasteiger partial charge in [-0.05, 0) is 71.1 Å². The Morgan fingerprint density at radius 1 is 0.769 bits per heavy atom. The van der Waals surface area contributed by atoms with Gasteiger partial charge in [0.15, 0.2) is 0 Å². The lowest BCUT2D eigenvalue weighted by atomic mass is 9.97. The second-order valence-electron chi connectivity index (χ2n) is 9.43. The molecule has 0 aliphatic carbocycles. The van der Waals surface area contributed by atoms with Crippen LogP contribution in [0.25, 0.3) is 11.1 Å². The second-order valence-corrected chi connectivity index (χ2v) is 9.43. The number of hydrogen-bond acceptors (Lipinski definition) is 3. The summed E-state index contributed by atoms with van der Waals surface area (Å²) in [6.07, 6.45) is -3.69. The molecule has 0 unspecified atom stereocenters. The number of amides is 2. The highest BCUT2D eigenvalue weighted by Crippen LogP contribution is 2.32. The van der Waals surface area contributed by atoms with Crippen molar-refractivity contribution in [2.75, 3.05) is 23.7 Å². The summed E-state index contributed by atoms with van der Waals surface area (Å²) >= 11 is 0. The molecule has 4 aromatic carbocycles. The van der Waals surface area contributed by atoms with E-state index in [-0.39, 0.29) is 18.4 Å². The van der Waals surface area contributed by atoms with Crippen molar-refractivity contribution in [3.63, 3.8) is 0 Å². The minimum absolute atomic E-state index is 0.0692. The third-order valence-electron chi connectivity index (χ3n) is 6.68. The summed E-state index contributed by atoms with van der Waals surface area (Å²) in [6.45, 7) is 1.62. The highest BCUT2D eigenvalue weighted by atomic mass is 19.4. The quantitative estimate of drug-likeness (QED) is 0.295. The topological polar surface area (TPSA) is 61.4 Å². The summed E-state index contributed by atoms with van der Waals surface area (Å²) in [7, 11) is 0. The van der Waals surface area contributed by atoms with Crippen LogP contribution >= 0.6 is 0 Å². The molecular formula is C31H26F3N3O2. The molecule has 39 heavy (non-hydrogen) atoms. The minimum atomic E-state index is -4.42. The van der Waals surface area contributed by atoms with Crippen LogP contribution in [-0.2, 0) is 23.9 Å². The summed E-state index contributed by atoms with van der Waals surface area (Å²) in [5.41, 5.74) is 4.29. The van der Waals surface area contributed by atoms with Crippen molar-refractivity contribution in [1.82, 2.24) is 4.90 Å². The van der Waals surface area contributed by atoms with Crippen LogP contribution < -0.4 is 10.6 Å². The van der Waals surface area contributed by atoms with Crippen LogP contribution in [-0.4, -0.2) is 29.8 Å². The summed E-state index contributed by atoms with van der Waals surface area (Å²) in [5.74, 6) is -0.416. The van der Waals surface area contributed by atoms with Gasteiger partial charge in [0.05, 0.1) is 12.1 Å². The molecule has 0 spiro atoms. The lowest BCUT2D eigenvalue weighted by molar-refractivity contribution is -0.137. The van der Waals surface area contributed by atoms with E-state index in [2.05, 4.69) is 15.5 Å². The molecule has 0 saturated heterocycles. The molecule has 0 fully saturated rings. The summed E-state index contributed by atoms with van der Waals surface area (Å²) in [6, 6.07) is 26.7. The number of anilines is 2. The zero-order chi connectivity index (χ0) is 27.4. The van der Waals surface area contributed by atoms with Crippen LogP contribution in [0.2, 0.25) is 0 Å². The van der Waals surface area contributed by atoms with E-state index in [0.717, 1.165) is 35.4 Å². The Bertz CT molecular complexity index is 1490. The molecule has 1 heterocycles. The lowest BCUT2D eigenvalue weighted by Crippen LogP contribution is -2.37. The predicted octanol–water partition coefficient (Wildman–Crippen LogP) is 6.62. The molecule has 0 radical (unpaired) electrons. The number of nitrogens with zero attached hydrogens (tertiary/aromatic N) is 1. The highest BCUT2D eigenvalue weighted by molar-refractivity contribution is 6.08. The van der Waals surface area contributed by atoms with Crippen LogP contribution in [0.1, 0.15) is 27.0 Å². The number of halogens is 3. The molecule has 0 atom stereocenters. The maximum Gasteiger partial charge on any atom is 0.416 e. The van der Waals surface area contributed by atoms with E-state index < -0.39 is 11.7 Å². The number of fused-ring (bicyclic) bond motifs is 1. The third-order valence-corrected chi connectivity index (χ3v) is 6.68. The molecule has 4 aromatic rings. The van der Waals surface area contributed by atoms with Crippen LogP contribution in [0, 0.1) is 0 Å². The first-order chi connectivity index (χ1) is 18.8. The van der Waals surface area contributed by atoms with E-state index in [4.69, 9.17) is 0 Å². The Morgan fingerprint density at radius 3 is 2.23 bits per heavy atom. The van der Waals surface area contributed by atoms with Crippen LogP contribution in [0.15, 0.2) is 97.1 Å². The number of hydrogen-bond donors (Lipinski definition) is 2. The number of para-hydroxylation sites is 1. The summed E-state index contributed by atoms with van der Waals surface area (Å²) in [5, 5.41) is 5.84. The van der Waals surface area contributed by atoms with Crippen molar-refractivity contribution in [2.45, 2.75) is 19.1 Å². The van der Waals surface area contributed by atoms with Gasteiger partial charge in [-0.3, -0.25) is 14.5 Å². The number of alkyl halides is 3. The Kier molecular flexibility index (Phi) is 7.47. The fraction of sp³-hybridized carbons (Fsp3) is 0.161. The Morgan fingerprint density at radius 2 is 1.49 bits per heavy atom. The normalized spacial score (nSPS) is 13.4. The van der Waals surface area contributed by atoms with Gasteiger partial charge in [-0.15, -0.1) is 0 Å². The number of nitrogens with one attached hydrogen (secondary N) is 2. The molecule has 5 rings (SSSR count). The predicted molar refractivity (Wildman–Crippen MR) is 145 cm³/mol. The van der Waals surface area contributed by atoms with Gasteiger partial charge in [-0.2, -0.15) is 13.2 Å². The van der Waals surface area contributed by atoms with E-state index in [1.807, 2.05) is 48.5 Å². The lowest BCUT2D eigenvalue weighted by Gasteiger charge is -2.28. The van der Waals surface area contributed by atoms with Crippen molar-refractivity contribution in [2.24, 2.45) is 0 Å². The van der Waals surface area contributed by atoms with Crippen LogP contribution in [0.5, 0.6) is 0 Å². The Labute approximate surface area is 224 Å². The summed E-state index contributed by atoms with van der Waals surface area (Å²) in [4.78, 5) is 27.7. The molecule has 0 bridgehead atoms. The monoisotopic (exact) mass is 529 g/mol. The molecule has 198 valence electrons. The van der Waals surface area contributed by atoms with Crippen molar-refractivity contribution >= 4 is 23.2 Å². The van der Waals surface area contributed by atoms with Gasteiger partial charge in [-0.25, -0.2) is 0 Å². The molecule has 2 N–H and O–H groups in total.